The van der Waals surface area contributed by atoms with Gasteiger partial charge in [0.2, 0.25) is 0 Å². The van der Waals surface area contributed by atoms with Crippen LogP contribution in [0.5, 0.6) is 0 Å². The molecule has 9 heteroatoms. The fourth-order valence-electron chi connectivity index (χ4n) is 3.52. The van der Waals surface area contributed by atoms with Crippen molar-refractivity contribution in [2.45, 2.75) is 33.7 Å². The molecule has 0 aliphatic carbocycles. The van der Waals surface area contributed by atoms with Crippen molar-refractivity contribution in [1.82, 2.24) is 29.3 Å². The van der Waals surface area contributed by atoms with Crippen LogP contribution in [0.25, 0.3) is 27.8 Å². The fraction of sp³-hybridized carbons (Fsp3) is 0.318. The van der Waals surface area contributed by atoms with Crippen molar-refractivity contribution in [3.63, 3.8) is 0 Å². The molecule has 3 heterocycles. The summed E-state index contributed by atoms with van der Waals surface area (Å²) in [4.78, 5) is 35.0. The van der Waals surface area contributed by atoms with Crippen LogP contribution in [0.1, 0.15) is 36.8 Å². The number of benzene rings is 1. The highest BCUT2D eigenvalue weighted by Crippen LogP contribution is 2.24. The second kappa shape index (κ2) is 7.82. The van der Waals surface area contributed by atoms with Gasteiger partial charge in [0, 0.05) is 32.1 Å². The SMILES string of the molecule is CCc1nn2c(=O)cc(-c3ccc4c(cnn4CC)c3)[nH]c2c1C(=O)/N=C(/C)N(C)C. The zero-order valence-electron chi connectivity index (χ0n) is 18.3. The summed E-state index contributed by atoms with van der Waals surface area (Å²) < 4.78 is 3.15. The Labute approximate surface area is 179 Å². The molecule has 0 saturated heterocycles. The lowest BCUT2D eigenvalue weighted by molar-refractivity contribution is 0.100. The molecule has 0 saturated carbocycles. The molecule has 1 amide bonds. The van der Waals surface area contributed by atoms with Gasteiger partial charge in [0.25, 0.3) is 11.5 Å². The van der Waals surface area contributed by atoms with Crippen LogP contribution in [0.4, 0.5) is 0 Å². The largest absolute Gasteiger partial charge is 0.366 e. The van der Waals surface area contributed by atoms with E-state index in [1.54, 1.807) is 18.0 Å². The Kier molecular flexibility index (Phi) is 5.18. The first-order chi connectivity index (χ1) is 14.8. The number of hydrogen-bond donors (Lipinski definition) is 1. The summed E-state index contributed by atoms with van der Waals surface area (Å²) in [7, 11) is 3.64. The maximum atomic E-state index is 13.0. The van der Waals surface area contributed by atoms with Crippen molar-refractivity contribution in [2.24, 2.45) is 4.99 Å². The summed E-state index contributed by atoms with van der Waals surface area (Å²) in [6, 6.07) is 7.38. The Morgan fingerprint density at radius 3 is 2.68 bits per heavy atom. The summed E-state index contributed by atoms with van der Waals surface area (Å²) in [6.07, 6.45) is 2.31. The van der Waals surface area contributed by atoms with E-state index in [-0.39, 0.29) is 5.56 Å². The lowest BCUT2D eigenvalue weighted by Crippen LogP contribution is -2.20. The van der Waals surface area contributed by atoms with Crippen molar-refractivity contribution in [3.8, 4) is 11.3 Å². The second-order valence-electron chi connectivity index (χ2n) is 7.55. The number of hydrogen-bond acceptors (Lipinski definition) is 4. The summed E-state index contributed by atoms with van der Waals surface area (Å²) in [5.41, 5.74) is 3.35. The molecular formula is C22H25N7O2. The molecule has 3 aromatic heterocycles. The topological polar surface area (TPSA) is 101 Å². The number of amidine groups is 1. The number of nitrogens with one attached hydrogen (secondary N) is 1. The summed E-state index contributed by atoms with van der Waals surface area (Å²) in [5.74, 6) is 0.147. The van der Waals surface area contributed by atoms with Gasteiger partial charge in [0.1, 0.15) is 11.4 Å². The molecular weight excluding hydrogens is 394 g/mol. The van der Waals surface area contributed by atoms with E-state index in [0.29, 0.717) is 34.9 Å². The standard InChI is InChI=1S/C22H25N7O2/c1-6-16-20(22(31)24-13(3)27(4)5)21-25-17(11-19(30)29(21)26-16)14-8-9-18-15(10-14)12-23-28(18)7-2/h8-12,25H,6-7H2,1-5H3/b24-13-. The lowest BCUT2D eigenvalue weighted by Gasteiger charge is -2.10. The van der Waals surface area contributed by atoms with Crippen LogP contribution < -0.4 is 5.56 Å². The number of aromatic amines is 1. The van der Waals surface area contributed by atoms with Crippen LogP contribution in [-0.2, 0) is 13.0 Å². The van der Waals surface area contributed by atoms with Crippen molar-refractivity contribution in [1.29, 1.82) is 0 Å². The van der Waals surface area contributed by atoms with Gasteiger partial charge in [-0.2, -0.15) is 19.7 Å². The molecule has 0 atom stereocenters. The van der Waals surface area contributed by atoms with Crippen LogP contribution in [-0.4, -0.2) is 55.1 Å². The number of aliphatic imine (C=N–C) groups is 1. The van der Waals surface area contributed by atoms with Crippen LogP contribution in [0, 0.1) is 0 Å². The Morgan fingerprint density at radius 1 is 1.23 bits per heavy atom. The van der Waals surface area contributed by atoms with Gasteiger partial charge in [-0.1, -0.05) is 13.0 Å². The molecule has 31 heavy (non-hydrogen) atoms. The van der Waals surface area contributed by atoms with E-state index in [4.69, 9.17) is 0 Å². The van der Waals surface area contributed by atoms with E-state index in [9.17, 15) is 9.59 Å². The van der Waals surface area contributed by atoms with Gasteiger partial charge >= 0.3 is 0 Å². The molecule has 9 nitrogen and oxygen atoms in total. The number of H-pyrrole nitrogens is 1. The van der Waals surface area contributed by atoms with Gasteiger partial charge in [-0.25, -0.2) is 0 Å². The molecule has 4 rings (SSSR count). The minimum absolute atomic E-state index is 0.310. The van der Waals surface area contributed by atoms with Gasteiger partial charge in [-0.05, 0) is 38.0 Å². The highest BCUT2D eigenvalue weighted by atomic mass is 16.1. The molecule has 0 unspecified atom stereocenters. The average Bonchev–Trinajstić information content (AvgIpc) is 3.34. The van der Waals surface area contributed by atoms with Crippen molar-refractivity contribution in [2.75, 3.05) is 14.1 Å². The van der Waals surface area contributed by atoms with Gasteiger partial charge in [0.05, 0.1) is 23.1 Å². The molecule has 0 radical (unpaired) electrons. The second-order valence-corrected chi connectivity index (χ2v) is 7.55. The smallest absolute Gasteiger partial charge is 0.284 e. The van der Waals surface area contributed by atoms with Crippen LogP contribution in [0.3, 0.4) is 0 Å². The van der Waals surface area contributed by atoms with Crippen LogP contribution in [0.2, 0.25) is 0 Å². The molecule has 0 bridgehead atoms. The number of carbonyl (C=O) groups excluding carboxylic acids is 1. The maximum absolute atomic E-state index is 13.0. The van der Waals surface area contributed by atoms with Gasteiger partial charge in [-0.3, -0.25) is 14.3 Å². The predicted octanol–water partition coefficient (Wildman–Crippen LogP) is 2.74. The van der Waals surface area contributed by atoms with Gasteiger partial charge in [0.15, 0.2) is 5.65 Å². The van der Waals surface area contributed by atoms with Crippen LogP contribution >= 0.6 is 0 Å². The molecule has 1 aromatic carbocycles. The number of nitrogens with zero attached hydrogens (tertiary/aromatic N) is 6. The third-order valence-corrected chi connectivity index (χ3v) is 5.40. The lowest BCUT2D eigenvalue weighted by atomic mass is 10.1. The van der Waals surface area contributed by atoms with Crippen molar-refractivity contribution >= 4 is 28.3 Å². The van der Waals surface area contributed by atoms with E-state index < -0.39 is 5.91 Å². The van der Waals surface area contributed by atoms with Gasteiger partial charge in [-0.15, -0.1) is 0 Å². The highest BCUT2D eigenvalue weighted by Gasteiger charge is 2.21. The minimum Gasteiger partial charge on any atom is -0.366 e. The number of rotatable bonds is 4. The Morgan fingerprint density at radius 2 is 2.00 bits per heavy atom. The third kappa shape index (κ3) is 3.52. The number of amides is 1. The molecule has 1 N–H and O–H groups in total. The summed E-state index contributed by atoms with van der Waals surface area (Å²) >= 11 is 0. The first-order valence-corrected chi connectivity index (χ1v) is 10.2. The predicted molar refractivity (Wildman–Crippen MR) is 121 cm³/mol. The Bertz CT molecular complexity index is 1390. The molecule has 0 aliphatic heterocycles. The monoisotopic (exact) mass is 419 g/mol. The third-order valence-electron chi connectivity index (χ3n) is 5.40. The highest BCUT2D eigenvalue weighted by molar-refractivity contribution is 6.07. The average molecular weight is 419 g/mol. The maximum Gasteiger partial charge on any atom is 0.284 e. The van der Waals surface area contributed by atoms with Crippen molar-refractivity contribution in [3.05, 3.63) is 52.1 Å². The van der Waals surface area contributed by atoms with Crippen LogP contribution in [0.15, 0.2) is 40.2 Å². The number of carbonyl (C=O) groups is 1. The van der Waals surface area contributed by atoms with Gasteiger partial charge < -0.3 is 9.88 Å². The van der Waals surface area contributed by atoms with E-state index >= 15 is 0 Å². The normalized spacial score (nSPS) is 12.1. The summed E-state index contributed by atoms with van der Waals surface area (Å²) in [5, 5.41) is 9.71. The van der Waals surface area contributed by atoms with E-state index in [1.807, 2.05) is 50.8 Å². The molecule has 160 valence electrons. The number of fused-ring (bicyclic) bond motifs is 2. The minimum atomic E-state index is -0.425. The Hall–Kier alpha value is -3.75. The molecule has 0 spiro atoms. The first kappa shape index (κ1) is 20.5. The first-order valence-electron chi connectivity index (χ1n) is 10.2. The zero-order valence-corrected chi connectivity index (χ0v) is 18.3. The van der Waals surface area contributed by atoms with Crippen molar-refractivity contribution < 1.29 is 4.79 Å². The Balaban J connectivity index is 1.90. The molecule has 0 fully saturated rings. The van der Waals surface area contributed by atoms with E-state index in [1.165, 1.54) is 10.6 Å². The number of aryl methyl sites for hydroxylation is 2. The fourth-order valence-corrected chi connectivity index (χ4v) is 3.52. The molecule has 0 aliphatic rings. The quantitative estimate of drug-likeness (QED) is 0.405. The zero-order chi connectivity index (χ0) is 22.3. The van der Waals surface area contributed by atoms with E-state index in [0.717, 1.165) is 23.0 Å². The summed E-state index contributed by atoms with van der Waals surface area (Å²) in [6.45, 7) is 6.47. The van der Waals surface area contributed by atoms with E-state index in [2.05, 4.69) is 20.2 Å². The number of aromatic nitrogens is 5. The molecule has 4 aromatic rings.